The Bertz CT molecular complexity index is 630. The molecule has 0 spiro atoms. The standard InChI is InChI=1S/C16H18F3NO4/c1-24-14(22)5-3-11-6-10-2-4-13(21)7-12(10)8-20(15(11)23)9-16(17,18)19/h2,4,7,11,21H,3,5-6,8-9H2,1H3. The van der Waals surface area contributed by atoms with Crippen LogP contribution >= 0.6 is 0 Å². The van der Waals surface area contributed by atoms with Gasteiger partial charge >= 0.3 is 12.1 Å². The van der Waals surface area contributed by atoms with E-state index < -0.39 is 30.5 Å². The van der Waals surface area contributed by atoms with Crippen molar-refractivity contribution in [3.8, 4) is 5.75 Å². The first-order valence-electron chi connectivity index (χ1n) is 7.42. The summed E-state index contributed by atoms with van der Waals surface area (Å²) in [5, 5.41) is 9.55. The molecule has 24 heavy (non-hydrogen) atoms. The van der Waals surface area contributed by atoms with Gasteiger partial charge in [-0.1, -0.05) is 6.07 Å². The number of methoxy groups -OCH3 is 1. The molecular weight excluding hydrogens is 327 g/mol. The van der Waals surface area contributed by atoms with Crippen molar-refractivity contribution in [2.24, 2.45) is 5.92 Å². The predicted molar refractivity (Wildman–Crippen MR) is 78.0 cm³/mol. The van der Waals surface area contributed by atoms with Crippen LogP contribution in [0.4, 0.5) is 13.2 Å². The summed E-state index contributed by atoms with van der Waals surface area (Å²) < 4.78 is 42.9. The van der Waals surface area contributed by atoms with Crippen molar-refractivity contribution in [1.82, 2.24) is 4.90 Å². The quantitative estimate of drug-likeness (QED) is 0.851. The van der Waals surface area contributed by atoms with Crippen molar-refractivity contribution in [2.45, 2.75) is 32.0 Å². The number of halogens is 3. The molecule has 1 N–H and O–H groups in total. The SMILES string of the molecule is COC(=O)CCC1Cc2ccc(O)cc2CN(CC(F)(F)F)C1=O. The van der Waals surface area contributed by atoms with Crippen molar-refractivity contribution in [3.05, 3.63) is 29.3 Å². The number of hydrogen-bond acceptors (Lipinski definition) is 4. The van der Waals surface area contributed by atoms with Gasteiger partial charge in [0.2, 0.25) is 5.91 Å². The molecule has 1 amide bonds. The number of fused-ring (bicyclic) bond motifs is 1. The number of ether oxygens (including phenoxy) is 1. The van der Waals surface area contributed by atoms with Gasteiger partial charge in [0, 0.05) is 18.9 Å². The second-order valence-electron chi connectivity index (χ2n) is 5.78. The maximum Gasteiger partial charge on any atom is 0.406 e. The lowest BCUT2D eigenvalue weighted by molar-refractivity contribution is -0.165. The summed E-state index contributed by atoms with van der Waals surface area (Å²) in [5.41, 5.74) is 1.17. The van der Waals surface area contributed by atoms with Crippen molar-refractivity contribution in [3.63, 3.8) is 0 Å². The molecule has 8 heteroatoms. The third-order valence-electron chi connectivity index (χ3n) is 3.97. The number of hydrogen-bond donors (Lipinski definition) is 1. The molecule has 1 atom stereocenters. The number of phenolic OH excluding ortho intramolecular Hbond substituents is 1. The van der Waals surface area contributed by atoms with Gasteiger partial charge in [-0.2, -0.15) is 13.2 Å². The molecule has 0 aliphatic carbocycles. The van der Waals surface area contributed by atoms with E-state index >= 15 is 0 Å². The van der Waals surface area contributed by atoms with Gasteiger partial charge < -0.3 is 14.7 Å². The summed E-state index contributed by atoms with van der Waals surface area (Å²) in [7, 11) is 1.21. The van der Waals surface area contributed by atoms with E-state index in [4.69, 9.17) is 0 Å². The average molecular weight is 345 g/mol. The van der Waals surface area contributed by atoms with Crippen LogP contribution < -0.4 is 0 Å². The van der Waals surface area contributed by atoms with E-state index in [2.05, 4.69) is 4.74 Å². The second-order valence-corrected chi connectivity index (χ2v) is 5.78. The summed E-state index contributed by atoms with van der Waals surface area (Å²) in [6, 6.07) is 4.40. The van der Waals surface area contributed by atoms with Crippen molar-refractivity contribution in [2.75, 3.05) is 13.7 Å². The van der Waals surface area contributed by atoms with Crippen LogP contribution in [0.5, 0.6) is 5.75 Å². The Morgan fingerprint density at radius 3 is 2.71 bits per heavy atom. The Balaban J connectivity index is 2.28. The molecule has 1 aromatic carbocycles. The fraction of sp³-hybridized carbons (Fsp3) is 0.500. The highest BCUT2D eigenvalue weighted by Gasteiger charge is 2.37. The predicted octanol–water partition coefficient (Wildman–Crippen LogP) is 2.41. The fourth-order valence-corrected chi connectivity index (χ4v) is 2.82. The Morgan fingerprint density at radius 1 is 1.38 bits per heavy atom. The number of alkyl halides is 3. The van der Waals surface area contributed by atoms with Gasteiger partial charge in [-0.15, -0.1) is 0 Å². The summed E-state index contributed by atoms with van der Waals surface area (Å²) in [4.78, 5) is 24.5. The van der Waals surface area contributed by atoms with E-state index in [-0.39, 0.29) is 31.6 Å². The average Bonchev–Trinajstić information content (AvgIpc) is 2.61. The number of carbonyl (C=O) groups is 2. The van der Waals surface area contributed by atoms with E-state index in [1.807, 2.05) is 0 Å². The monoisotopic (exact) mass is 345 g/mol. The molecule has 1 aliphatic heterocycles. The van der Waals surface area contributed by atoms with Gasteiger partial charge in [-0.05, 0) is 36.1 Å². The minimum Gasteiger partial charge on any atom is -0.508 e. The van der Waals surface area contributed by atoms with Crippen LogP contribution in [0.15, 0.2) is 18.2 Å². The van der Waals surface area contributed by atoms with E-state index in [1.54, 1.807) is 6.07 Å². The third-order valence-corrected chi connectivity index (χ3v) is 3.97. The minimum absolute atomic E-state index is 0.0415. The minimum atomic E-state index is -4.52. The molecule has 0 radical (unpaired) electrons. The van der Waals surface area contributed by atoms with Gasteiger partial charge in [0.05, 0.1) is 7.11 Å². The number of amides is 1. The molecule has 5 nitrogen and oxygen atoms in total. The first kappa shape index (κ1) is 18.1. The highest BCUT2D eigenvalue weighted by atomic mass is 19.4. The summed E-state index contributed by atoms with van der Waals surface area (Å²) in [6.45, 7) is -1.59. The highest BCUT2D eigenvalue weighted by molar-refractivity contribution is 5.81. The first-order chi connectivity index (χ1) is 11.2. The van der Waals surface area contributed by atoms with Crippen LogP contribution in [-0.2, 0) is 27.3 Å². The van der Waals surface area contributed by atoms with Crippen LogP contribution in [0, 0.1) is 5.92 Å². The lowest BCUT2D eigenvalue weighted by Crippen LogP contribution is -2.41. The van der Waals surface area contributed by atoms with Gasteiger partial charge in [0.15, 0.2) is 0 Å². The molecule has 0 bridgehead atoms. The largest absolute Gasteiger partial charge is 0.508 e. The lowest BCUT2D eigenvalue weighted by atomic mass is 9.93. The molecule has 132 valence electrons. The van der Waals surface area contributed by atoms with Gasteiger partial charge in [0.25, 0.3) is 0 Å². The molecule has 1 heterocycles. The molecule has 0 aromatic heterocycles. The number of rotatable bonds is 4. The number of phenols is 1. The van der Waals surface area contributed by atoms with Crippen molar-refractivity contribution in [1.29, 1.82) is 0 Å². The Labute approximate surface area is 137 Å². The topological polar surface area (TPSA) is 66.8 Å². The fourth-order valence-electron chi connectivity index (χ4n) is 2.82. The van der Waals surface area contributed by atoms with E-state index in [0.717, 1.165) is 4.90 Å². The highest BCUT2D eigenvalue weighted by Crippen LogP contribution is 2.30. The molecule has 1 unspecified atom stereocenters. The molecule has 1 aromatic rings. The van der Waals surface area contributed by atoms with E-state index in [1.165, 1.54) is 19.2 Å². The van der Waals surface area contributed by atoms with Crippen LogP contribution in [0.25, 0.3) is 0 Å². The number of carbonyl (C=O) groups excluding carboxylic acids is 2. The zero-order valence-corrected chi connectivity index (χ0v) is 13.1. The maximum atomic E-state index is 12.8. The molecule has 0 saturated carbocycles. The maximum absolute atomic E-state index is 12.8. The van der Waals surface area contributed by atoms with Crippen LogP contribution in [-0.4, -0.2) is 41.7 Å². The van der Waals surface area contributed by atoms with E-state index in [9.17, 15) is 27.9 Å². The number of benzene rings is 1. The third kappa shape index (κ3) is 4.62. The smallest absolute Gasteiger partial charge is 0.406 e. The zero-order valence-electron chi connectivity index (χ0n) is 13.1. The van der Waals surface area contributed by atoms with Crippen molar-refractivity contribution >= 4 is 11.9 Å². The molecule has 0 fully saturated rings. The zero-order chi connectivity index (χ0) is 17.9. The normalized spacial score (nSPS) is 18.1. The van der Waals surface area contributed by atoms with Gasteiger partial charge in [-0.3, -0.25) is 9.59 Å². The molecule has 2 rings (SSSR count). The lowest BCUT2D eigenvalue weighted by Gasteiger charge is -2.25. The Morgan fingerprint density at radius 2 is 2.08 bits per heavy atom. The van der Waals surface area contributed by atoms with Crippen LogP contribution in [0.3, 0.4) is 0 Å². The number of esters is 1. The summed E-state index contributed by atoms with van der Waals surface area (Å²) in [5.74, 6) is -1.97. The van der Waals surface area contributed by atoms with Gasteiger partial charge in [-0.25, -0.2) is 0 Å². The van der Waals surface area contributed by atoms with E-state index in [0.29, 0.717) is 11.1 Å². The summed E-state index contributed by atoms with van der Waals surface area (Å²) >= 11 is 0. The van der Waals surface area contributed by atoms with Gasteiger partial charge in [0.1, 0.15) is 12.3 Å². The number of aromatic hydroxyl groups is 1. The second kappa shape index (κ2) is 7.11. The Hall–Kier alpha value is -2.25. The van der Waals surface area contributed by atoms with Crippen LogP contribution in [0.2, 0.25) is 0 Å². The van der Waals surface area contributed by atoms with Crippen molar-refractivity contribution < 1.29 is 32.6 Å². The molecular formula is C16H18F3NO4. The first-order valence-corrected chi connectivity index (χ1v) is 7.42. The molecule has 0 saturated heterocycles. The molecule has 1 aliphatic rings. The number of nitrogens with zero attached hydrogens (tertiary/aromatic N) is 1. The summed E-state index contributed by atoms with van der Waals surface area (Å²) in [6.07, 6.45) is -4.23. The van der Waals surface area contributed by atoms with Crippen LogP contribution in [0.1, 0.15) is 24.0 Å². The Kier molecular flexibility index (Phi) is 5.36.